The Kier molecular flexibility index (Phi) is 3.55. The standard InChI is InChI=1S/C16H23NO/c1-12-11-13-5-2-3-7-16(13)17-15(12)9-8-14-6-4-10-18-14/h2-3,5,7,12,14-15,17H,4,6,8-11H2,1H3. The summed E-state index contributed by atoms with van der Waals surface area (Å²) < 4.78 is 5.72. The average molecular weight is 245 g/mol. The molecule has 0 radical (unpaired) electrons. The molecule has 1 fully saturated rings. The van der Waals surface area contributed by atoms with Crippen LogP contribution in [0, 0.1) is 5.92 Å². The van der Waals surface area contributed by atoms with Crippen molar-refractivity contribution in [1.29, 1.82) is 0 Å². The van der Waals surface area contributed by atoms with Gasteiger partial charge in [0.2, 0.25) is 0 Å². The van der Waals surface area contributed by atoms with Gasteiger partial charge >= 0.3 is 0 Å². The SMILES string of the molecule is CC1Cc2ccccc2NC1CCC1CCCO1. The molecule has 3 atom stereocenters. The van der Waals surface area contributed by atoms with E-state index in [1.807, 2.05) is 0 Å². The van der Waals surface area contributed by atoms with E-state index in [0.29, 0.717) is 12.1 Å². The summed E-state index contributed by atoms with van der Waals surface area (Å²) in [5.74, 6) is 0.723. The van der Waals surface area contributed by atoms with Crippen LogP contribution in [0.1, 0.15) is 38.2 Å². The number of fused-ring (bicyclic) bond motifs is 1. The van der Waals surface area contributed by atoms with Crippen LogP contribution >= 0.6 is 0 Å². The van der Waals surface area contributed by atoms with E-state index in [1.54, 1.807) is 0 Å². The van der Waals surface area contributed by atoms with Gasteiger partial charge in [-0.3, -0.25) is 0 Å². The zero-order valence-electron chi connectivity index (χ0n) is 11.2. The van der Waals surface area contributed by atoms with Crippen molar-refractivity contribution < 1.29 is 4.74 Å². The van der Waals surface area contributed by atoms with Gasteiger partial charge in [0.25, 0.3) is 0 Å². The number of hydrogen-bond acceptors (Lipinski definition) is 2. The molecule has 1 N–H and O–H groups in total. The minimum atomic E-state index is 0.524. The van der Waals surface area contributed by atoms with Gasteiger partial charge in [-0.05, 0) is 49.7 Å². The molecule has 1 aromatic rings. The average Bonchev–Trinajstić information content (AvgIpc) is 2.89. The molecular formula is C16H23NO. The third-order valence-electron chi connectivity index (χ3n) is 4.41. The second-order valence-electron chi connectivity index (χ2n) is 5.80. The highest BCUT2D eigenvalue weighted by atomic mass is 16.5. The number of nitrogens with one attached hydrogen (secondary N) is 1. The number of benzene rings is 1. The van der Waals surface area contributed by atoms with Gasteiger partial charge in [-0.15, -0.1) is 0 Å². The lowest BCUT2D eigenvalue weighted by atomic mass is 9.86. The Hall–Kier alpha value is -1.02. The first-order valence-corrected chi connectivity index (χ1v) is 7.29. The van der Waals surface area contributed by atoms with Crippen LogP contribution < -0.4 is 5.32 Å². The first-order valence-electron chi connectivity index (χ1n) is 7.29. The Morgan fingerprint density at radius 2 is 2.17 bits per heavy atom. The lowest BCUT2D eigenvalue weighted by molar-refractivity contribution is 0.0996. The van der Waals surface area contributed by atoms with Crippen molar-refractivity contribution >= 4 is 5.69 Å². The molecule has 0 aromatic heterocycles. The highest BCUT2D eigenvalue weighted by molar-refractivity contribution is 5.54. The van der Waals surface area contributed by atoms with Crippen molar-refractivity contribution in [1.82, 2.24) is 0 Å². The molecule has 0 bridgehead atoms. The van der Waals surface area contributed by atoms with Gasteiger partial charge < -0.3 is 10.1 Å². The van der Waals surface area contributed by atoms with E-state index < -0.39 is 0 Å². The number of rotatable bonds is 3. The van der Waals surface area contributed by atoms with E-state index in [-0.39, 0.29) is 0 Å². The maximum Gasteiger partial charge on any atom is 0.0576 e. The van der Waals surface area contributed by atoms with Gasteiger partial charge in [-0.2, -0.15) is 0 Å². The fourth-order valence-corrected chi connectivity index (χ4v) is 3.26. The highest BCUT2D eigenvalue weighted by Crippen LogP contribution is 2.31. The molecule has 0 aliphatic carbocycles. The molecule has 3 unspecified atom stereocenters. The van der Waals surface area contributed by atoms with E-state index >= 15 is 0 Å². The molecule has 0 saturated carbocycles. The molecule has 2 heteroatoms. The van der Waals surface area contributed by atoms with Crippen molar-refractivity contribution in [3.8, 4) is 0 Å². The van der Waals surface area contributed by atoms with Crippen LogP contribution in [0.4, 0.5) is 5.69 Å². The summed E-state index contributed by atoms with van der Waals surface area (Å²) in [7, 11) is 0. The summed E-state index contributed by atoms with van der Waals surface area (Å²) >= 11 is 0. The molecule has 0 spiro atoms. The monoisotopic (exact) mass is 245 g/mol. The van der Waals surface area contributed by atoms with Crippen LogP contribution in [0.25, 0.3) is 0 Å². The van der Waals surface area contributed by atoms with E-state index in [9.17, 15) is 0 Å². The van der Waals surface area contributed by atoms with Crippen LogP contribution in [-0.2, 0) is 11.2 Å². The normalized spacial score (nSPS) is 30.8. The minimum absolute atomic E-state index is 0.524. The van der Waals surface area contributed by atoms with Crippen LogP contribution in [0.15, 0.2) is 24.3 Å². The quantitative estimate of drug-likeness (QED) is 0.878. The van der Waals surface area contributed by atoms with Crippen molar-refractivity contribution in [2.24, 2.45) is 5.92 Å². The lowest BCUT2D eigenvalue weighted by Gasteiger charge is -2.33. The summed E-state index contributed by atoms with van der Waals surface area (Å²) in [6, 6.07) is 9.33. The second-order valence-corrected chi connectivity index (χ2v) is 5.80. The smallest absolute Gasteiger partial charge is 0.0576 e. The molecule has 1 saturated heterocycles. The van der Waals surface area contributed by atoms with Crippen LogP contribution in [0.5, 0.6) is 0 Å². The summed E-state index contributed by atoms with van der Waals surface area (Å²) in [6.07, 6.45) is 6.69. The Morgan fingerprint density at radius 1 is 1.28 bits per heavy atom. The molecule has 3 rings (SSSR count). The van der Waals surface area contributed by atoms with Crippen LogP contribution in [0.2, 0.25) is 0 Å². The van der Waals surface area contributed by atoms with E-state index in [4.69, 9.17) is 4.74 Å². The Labute approximate surface area is 110 Å². The zero-order chi connectivity index (χ0) is 12.4. The maximum atomic E-state index is 5.72. The van der Waals surface area contributed by atoms with E-state index in [2.05, 4.69) is 36.5 Å². The fourth-order valence-electron chi connectivity index (χ4n) is 3.26. The second kappa shape index (κ2) is 5.31. The Bertz CT molecular complexity index is 398. The predicted molar refractivity (Wildman–Crippen MR) is 74.9 cm³/mol. The summed E-state index contributed by atoms with van der Waals surface area (Å²) in [5.41, 5.74) is 2.81. The van der Waals surface area contributed by atoms with Gasteiger partial charge in [-0.25, -0.2) is 0 Å². The Balaban J connectivity index is 1.60. The minimum Gasteiger partial charge on any atom is -0.382 e. The number of anilines is 1. The third kappa shape index (κ3) is 2.54. The van der Waals surface area contributed by atoms with E-state index in [1.165, 1.54) is 43.4 Å². The molecule has 1 aromatic carbocycles. The number of ether oxygens (including phenoxy) is 1. The third-order valence-corrected chi connectivity index (χ3v) is 4.41. The molecule has 0 amide bonds. The molecule has 2 aliphatic rings. The summed E-state index contributed by atoms with van der Waals surface area (Å²) in [5, 5.41) is 3.72. The van der Waals surface area contributed by atoms with Gasteiger partial charge in [0.05, 0.1) is 6.10 Å². The van der Waals surface area contributed by atoms with Gasteiger partial charge in [0, 0.05) is 18.3 Å². The van der Waals surface area contributed by atoms with Gasteiger partial charge in [0.1, 0.15) is 0 Å². The molecule has 2 nitrogen and oxygen atoms in total. The summed E-state index contributed by atoms with van der Waals surface area (Å²) in [6.45, 7) is 3.34. The zero-order valence-corrected chi connectivity index (χ0v) is 11.2. The van der Waals surface area contributed by atoms with Crippen molar-refractivity contribution in [2.75, 3.05) is 11.9 Å². The van der Waals surface area contributed by atoms with Crippen LogP contribution in [-0.4, -0.2) is 18.8 Å². The lowest BCUT2D eigenvalue weighted by Crippen LogP contribution is -2.34. The predicted octanol–water partition coefficient (Wildman–Crippen LogP) is 3.62. The first kappa shape index (κ1) is 12.0. The number of hydrogen-bond donors (Lipinski definition) is 1. The first-order chi connectivity index (χ1) is 8.83. The largest absolute Gasteiger partial charge is 0.382 e. The molecule has 2 heterocycles. The molecular weight excluding hydrogens is 222 g/mol. The number of para-hydroxylation sites is 1. The Morgan fingerprint density at radius 3 is 3.00 bits per heavy atom. The maximum absolute atomic E-state index is 5.72. The molecule has 18 heavy (non-hydrogen) atoms. The molecule has 2 aliphatic heterocycles. The van der Waals surface area contributed by atoms with E-state index in [0.717, 1.165) is 12.5 Å². The van der Waals surface area contributed by atoms with Gasteiger partial charge in [-0.1, -0.05) is 25.1 Å². The van der Waals surface area contributed by atoms with Crippen molar-refractivity contribution in [2.45, 2.75) is 51.2 Å². The van der Waals surface area contributed by atoms with Gasteiger partial charge in [0.15, 0.2) is 0 Å². The molecule has 98 valence electrons. The topological polar surface area (TPSA) is 21.3 Å². The van der Waals surface area contributed by atoms with Crippen molar-refractivity contribution in [3.05, 3.63) is 29.8 Å². The van der Waals surface area contributed by atoms with Crippen LogP contribution in [0.3, 0.4) is 0 Å². The highest BCUT2D eigenvalue weighted by Gasteiger charge is 2.25. The fraction of sp³-hybridized carbons (Fsp3) is 0.625. The van der Waals surface area contributed by atoms with Crippen molar-refractivity contribution in [3.63, 3.8) is 0 Å². The summed E-state index contributed by atoms with van der Waals surface area (Å²) in [4.78, 5) is 0.